The number of piperazine rings is 1. The first-order valence-electron chi connectivity index (χ1n) is 9.58. The van der Waals surface area contributed by atoms with E-state index < -0.39 is 0 Å². The smallest absolute Gasteiger partial charge is 0.226 e. The maximum Gasteiger partial charge on any atom is 0.226 e. The lowest BCUT2D eigenvalue weighted by Crippen LogP contribution is -2.46. The van der Waals surface area contributed by atoms with Crippen molar-refractivity contribution in [2.24, 2.45) is 0 Å². The predicted octanol–water partition coefficient (Wildman–Crippen LogP) is 3.04. The Hall–Kier alpha value is -1.89. The van der Waals surface area contributed by atoms with Gasteiger partial charge >= 0.3 is 0 Å². The number of methoxy groups -OCH3 is 2. The molecule has 6 nitrogen and oxygen atoms in total. The Balaban J connectivity index is 1.68. The van der Waals surface area contributed by atoms with Crippen LogP contribution in [-0.2, 0) is 11.3 Å². The lowest BCUT2D eigenvalue weighted by atomic mass is 10.0. The molecule has 0 unspecified atom stereocenters. The lowest BCUT2D eigenvalue weighted by molar-refractivity contribution is 0.0931. The molecule has 1 aliphatic heterocycles. The Labute approximate surface area is 162 Å². The first-order chi connectivity index (χ1) is 13.0. The molecule has 3 rings (SSSR count). The second-order valence-corrected chi connectivity index (χ2v) is 7.20. The maximum absolute atomic E-state index is 6.02. The van der Waals surface area contributed by atoms with E-state index in [4.69, 9.17) is 18.9 Å². The average molecular weight is 373 g/mol. The van der Waals surface area contributed by atoms with Crippen molar-refractivity contribution < 1.29 is 13.9 Å². The lowest BCUT2D eigenvalue weighted by Gasteiger charge is -2.34. The van der Waals surface area contributed by atoms with E-state index in [0.717, 1.165) is 79.8 Å². The van der Waals surface area contributed by atoms with Crippen molar-refractivity contribution in [1.29, 1.82) is 0 Å². The standard InChI is InChI=1S/C21H31N3O3/c1-15-16(2)20(26-5)7-6-18(15)21-22-19(17(3)27-21)14-24-10-8-23(9-11-24)12-13-25-4/h6-7H,8-14H2,1-5H3. The van der Waals surface area contributed by atoms with Crippen LogP contribution in [0.5, 0.6) is 5.75 Å². The minimum atomic E-state index is 0.699. The number of aromatic nitrogens is 1. The number of rotatable bonds is 7. The van der Waals surface area contributed by atoms with Crippen LogP contribution in [0.25, 0.3) is 11.5 Å². The summed E-state index contributed by atoms with van der Waals surface area (Å²) >= 11 is 0. The Morgan fingerprint density at radius 1 is 1.00 bits per heavy atom. The largest absolute Gasteiger partial charge is 0.496 e. The number of ether oxygens (including phenoxy) is 2. The minimum Gasteiger partial charge on any atom is -0.496 e. The molecule has 6 heteroatoms. The fourth-order valence-electron chi connectivity index (χ4n) is 3.54. The second kappa shape index (κ2) is 8.87. The van der Waals surface area contributed by atoms with Crippen molar-refractivity contribution in [1.82, 2.24) is 14.8 Å². The molecular formula is C21H31N3O3. The zero-order chi connectivity index (χ0) is 19.4. The van der Waals surface area contributed by atoms with Gasteiger partial charge in [-0.2, -0.15) is 0 Å². The van der Waals surface area contributed by atoms with E-state index in [1.54, 1.807) is 14.2 Å². The first-order valence-corrected chi connectivity index (χ1v) is 9.58. The Morgan fingerprint density at radius 3 is 2.37 bits per heavy atom. The molecule has 0 atom stereocenters. The second-order valence-electron chi connectivity index (χ2n) is 7.20. The summed E-state index contributed by atoms with van der Waals surface area (Å²) in [5.41, 5.74) is 4.34. The van der Waals surface area contributed by atoms with Crippen LogP contribution in [0.3, 0.4) is 0 Å². The molecule has 27 heavy (non-hydrogen) atoms. The van der Waals surface area contributed by atoms with E-state index >= 15 is 0 Å². The third-order valence-corrected chi connectivity index (χ3v) is 5.53. The predicted molar refractivity (Wildman–Crippen MR) is 106 cm³/mol. The van der Waals surface area contributed by atoms with Crippen LogP contribution in [0.4, 0.5) is 0 Å². The van der Waals surface area contributed by atoms with Gasteiger partial charge in [0.25, 0.3) is 0 Å². The topological polar surface area (TPSA) is 51.0 Å². The third kappa shape index (κ3) is 4.51. The van der Waals surface area contributed by atoms with Crippen molar-refractivity contribution in [2.45, 2.75) is 27.3 Å². The van der Waals surface area contributed by atoms with Crippen molar-refractivity contribution in [3.63, 3.8) is 0 Å². The highest BCUT2D eigenvalue weighted by molar-refractivity contribution is 5.63. The maximum atomic E-state index is 6.02. The molecule has 2 aromatic rings. The summed E-state index contributed by atoms with van der Waals surface area (Å²) in [6.07, 6.45) is 0. The summed E-state index contributed by atoms with van der Waals surface area (Å²) in [6.45, 7) is 13.0. The Kier molecular flexibility index (Phi) is 6.52. The van der Waals surface area contributed by atoms with Crippen LogP contribution in [0.15, 0.2) is 16.5 Å². The van der Waals surface area contributed by atoms with E-state index in [9.17, 15) is 0 Å². The molecule has 1 saturated heterocycles. The molecule has 148 valence electrons. The SMILES string of the molecule is COCCN1CCN(Cc2nc(-c3ccc(OC)c(C)c3C)oc2C)CC1. The van der Waals surface area contributed by atoms with Gasteiger partial charge in [-0.25, -0.2) is 4.98 Å². The summed E-state index contributed by atoms with van der Waals surface area (Å²) in [4.78, 5) is 9.71. The van der Waals surface area contributed by atoms with Gasteiger partial charge in [-0.15, -0.1) is 0 Å². The van der Waals surface area contributed by atoms with Crippen molar-refractivity contribution in [2.75, 3.05) is 53.6 Å². The van der Waals surface area contributed by atoms with Gasteiger partial charge < -0.3 is 13.9 Å². The summed E-state index contributed by atoms with van der Waals surface area (Å²) in [5, 5.41) is 0. The van der Waals surface area contributed by atoms with Crippen molar-refractivity contribution in [3.05, 3.63) is 34.7 Å². The summed E-state index contributed by atoms with van der Waals surface area (Å²) < 4.78 is 16.6. The summed E-state index contributed by atoms with van der Waals surface area (Å²) in [6, 6.07) is 4.01. The molecule has 1 aromatic heterocycles. The van der Waals surface area contributed by atoms with Gasteiger partial charge in [-0.1, -0.05) is 0 Å². The van der Waals surface area contributed by atoms with Gasteiger partial charge in [-0.05, 0) is 44.0 Å². The molecule has 0 spiro atoms. The van der Waals surface area contributed by atoms with Crippen molar-refractivity contribution in [3.8, 4) is 17.2 Å². The molecule has 1 aliphatic rings. The fourth-order valence-corrected chi connectivity index (χ4v) is 3.54. The van der Waals surface area contributed by atoms with E-state index in [1.807, 2.05) is 19.1 Å². The number of aryl methyl sites for hydroxylation is 1. The van der Waals surface area contributed by atoms with Gasteiger partial charge in [0, 0.05) is 51.9 Å². The minimum absolute atomic E-state index is 0.699. The molecule has 0 radical (unpaired) electrons. The van der Waals surface area contributed by atoms with Crippen LogP contribution in [0, 0.1) is 20.8 Å². The van der Waals surface area contributed by atoms with Crippen LogP contribution >= 0.6 is 0 Å². The molecule has 0 bridgehead atoms. The molecular weight excluding hydrogens is 342 g/mol. The van der Waals surface area contributed by atoms with Crippen LogP contribution in [0.2, 0.25) is 0 Å². The summed E-state index contributed by atoms with van der Waals surface area (Å²) in [7, 11) is 3.46. The molecule has 0 aliphatic carbocycles. The van der Waals surface area contributed by atoms with Crippen LogP contribution < -0.4 is 4.74 Å². The van der Waals surface area contributed by atoms with E-state index in [-0.39, 0.29) is 0 Å². The Bertz CT molecular complexity index is 764. The van der Waals surface area contributed by atoms with Crippen molar-refractivity contribution >= 4 is 0 Å². The highest BCUT2D eigenvalue weighted by Gasteiger charge is 2.21. The van der Waals surface area contributed by atoms with Gasteiger partial charge in [0.05, 0.1) is 19.4 Å². The molecule has 1 aromatic carbocycles. The number of nitrogens with zero attached hydrogens (tertiary/aromatic N) is 3. The highest BCUT2D eigenvalue weighted by atomic mass is 16.5. The van der Waals surface area contributed by atoms with Gasteiger partial charge in [0.15, 0.2) is 0 Å². The van der Waals surface area contributed by atoms with Crippen LogP contribution in [0.1, 0.15) is 22.6 Å². The van der Waals surface area contributed by atoms with Gasteiger partial charge in [0.1, 0.15) is 11.5 Å². The molecule has 2 heterocycles. The number of hydrogen-bond donors (Lipinski definition) is 0. The Morgan fingerprint density at radius 2 is 1.70 bits per heavy atom. The molecule has 0 amide bonds. The van der Waals surface area contributed by atoms with E-state index in [0.29, 0.717) is 5.89 Å². The van der Waals surface area contributed by atoms with Gasteiger partial charge in [-0.3, -0.25) is 9.80 Å². The number of benzene rings is 1. The third-order valence-electron chi connectivity index (χ3n) is 5.53. The van der Waals surface area contributed by atoms with Gasteiger partial charge in [0.2, 0.25) is 5.89 Å². The quantitative estimate of drug-likeness (QED) is 0.744. The average Bonchev–Trinajstić information content (AvgIpc) is 3.03. The highest BCUT2D eigenvalue weighted by Crippen LogP contribution is 2.31. The number of hydrogen-bond acceptors (Lipinski definition) is 6. The monoisotopic (exact) mass is 373 g/mol. The normalized spacial score (nSPS) is 16.0. The molecule has 0 N–H and O–H groups in total. The number of oxazole rings is 1. The molecule has 1 fully saturated rings. The summed E-state index contributed by atoms with van der Waals surface area (Å²) in [5.74, 6) is 2.50. The van der Waals surface area contributed by atoms with Crippen LogP contribution in [-0.4, -0.2) is 68.3 Å². The first kappa shape index (κ1) is 19.9. The van der Waals surface area contributed by atoms with E-state index in [2.05, 4.69) is 23.6 Å². The zero-order valence-electron chi connectivity index (χ0n) is 17.2. The zero-order valence-corrected chi connectivity index (χ0v) is 17.2. The fraction of sp³-hybridized carbons (Fsp3) is 0.571. The molecule has 0 saturated carbocycles. The van der Waals surface area contributed by atoms with E-state index in [1.165, 1.54) is 0 Å².